The lowest BCUT2D eigenvalue weighted by Gasteiger charge is -1.98. The van der Waals surface area contributed by atoms with Crippen LogP contribution < -0.4 is 11.6 Å². The highest BCUT2D eigenvalue weighted by molar-refractivity contribution is 8.13. The molecule has 0 saturated carbocycles. The maximum absolute atomic E-state index is 5.41. The van der Waals surface area contributed by atoms with E-state index in [0.717, 1.165) is 5.75 Å². The number of nitrogens with two attached hydrogens (primary N) is 2. The van der Waals surface area contributed by atoms with E-state index in [-0.39, 0.29) is 0 Å². The van der Waals surface area contributed by atoms with Crippen LogP contribution >= 0.6 is 11.8 Å². The molecule has 0 saturated heterocycles. The molecule has 1 aromatic carbocycles. The fraction of sp³-hybridized carbons (Fsp3) is 0.125. The smallest absolute Gasteiger partial charge is 0.177 e. The van der Waals surface area contributed by atoms with Crippen molar-refractivity contribution >= 4 is 16.9 Å². The predicted molar refractivity (Wildman–Crippen MR) is 53.5 cm³/mol. The van der Waals surface area contributed by atoms with E-state index < -0.39 is 0 Å². The second-order valence-corrected chi connectivity index (χ2v) is 3.24. The Morgan fingerprint density at radius 1 is 1.33 bits per heavy atom. The Labute approximate surface area is 75.8 Å². The van der Waals surface area contributed by atoms with Crippen LogP contribution in [0.1, 0.15) is 5.56 Å². The van der Waals surface area contributed by atoms with Crippen molar-refractivity contribution in [3.05, 3.63) is 35.9 Å². The Morgan fingerprint density at radius 3 is 2.58 bits per heavy atom. The molecule has 0 amide bonds. The molecule has 4 N–H and O–H groups in total. The van der Waals surface area contributed by atoms with Crippen molar-refractivity contribution in [1.29, 1.82) is 0 Å². The molecule has 0 fully saturated rings. The topological polar surface area (TPSA) is 64.4 Å². The molecule has 64 valence electrons. The predicted octanol–water partition coefficient (Wildman–Crippen LogP) is 1.11. The van der Waals surface area contributed by atoms with Crippen LogP contribution in [0.15, 0.2) is 35.4 Å². The van der Waals surface area contributed by atoms with Gasteiger partial charge in [-0.05, 0) is 5.56 Å². The largest absolute Gasteiger partial charge is 0.377 e. The third-order valence-corrected chi connectivity index (χ3v) is 2.24. The van der Waals surface area contributed by atoms with Gasteiger partial charge in [0.15, 0.2) is 5.17 Å². The number of nitrogens with zero attached hydrogens (tertiary/aromatic N) is 1. The zero-order valence-corrected chi connectivity index (χ0v) is 7.42. The first kappa shape index (κ1) is 8.93. The Bertz CT molecular complexity index is 258. The van der Waals surface area contributed by atoms with Gasteiger partial charge in [-0.25, -0.2) is 0 Å². The summed E-state index contributed by atoms with van der Waals surface area (Å²) in [6.45, 7) is 0. The first-order valence-corrected chi connectivity index (χ1v) is 4.51. The summed E-state index contributed by atoms with van der Waals surface area (Å²) in [7, 11) is 0. The minimum atomic E-state index is 0.416. The molecular formula is C8H11N3S. The van der Waals surface area contributed by atoms with Crippen LogP contribution in [0.25, 0.3) is 0 Å². The van der Waals surface area contributed by atoms with Gasteiger partial charge in [-0.3, -0.25) is 0 Å². The van der Waals surface area contributed by atoms with E-state index in [1.807, 2.05) is 30.3 Å². The van der Waals surface area contributed by atoms with Crippen molar-refractivity contribution in [3.8, 4) is 0 Å². The first-order chi connectivity index (χ1) is 5.83. The summed E-state index contributed by atoms with van der Waals surface area (Å²) >= 11 is 1.43. The van der Waals surface area contributed by atoms with Gasteiger partial charge in [-0.1, -0.05) is 42.1 Å². The molecule has 4 heteroatoms. The van der Waals surface area contributed by atoms with Gasteiger partial charge in [0.25, 0.3) is 0 Å². The van der Waals surface area contributed by atoms with Crippen molar-refractivity contribution in [2.75, 3.05) is 0 Å². The van der Waals surface area contributed by atoms with E-state index in [1.54, 1.807) is 0 Å². The maximum Gasteiger partial charge on any atom is 0.177 e. The van der Waals surface area contributed by atoms with Crippen LogP contribution in [0.5, 0.6) is 0 Å². The number of benzene rings is 1. The molecule has 1 aromatic rings. The third kappa shape index (κ3) is 2.84. The lowest BCUT2D eigenvalue weighted by Crippen LogP contribution is -2.09. The summed E-state index contributed by atoms with van der Waals surface area (Å²) in [6, 6.07) is 10.0. The van der Waals surface area contributed by atoms with Crippen LogP contribution in [0.2, 0.25) is 0 Å². The van der Waals surface area contributed by atoms with Crippen molar-refractivity contribution in [2.24, 2.45) is 16.7 Å². The van der Waals surface area contributed by atoms with Crippen LogP contribution in [0.3, 0.4) is 0 Å². The molecule has 0 bridgehead atoms. The molecule has 1 rings (SSSR count). The van der Waals surface area contributed by atoms with Crippen molar-refractivity contribution in [1.82, 2.24) is 0 Å². The molecule has 12 heavy (non-hydrogen) atoms. The number of thioether (sulfide) groups is 1. The minimum absolute atomic E-state index is 0.416. The molecule has 0 atom stereocenters. The van der Waals surface area contributed by atoms with Gasteiger partial charge in [-0.2, -0.15) is 5.10 Å². The second-order valence-electron chi connectivity index (χ2n) is 2.24. The van der Waals surface area contributed by atoms with Crippen molar-refractivity contribution < 1.29 is 0 Å². The van der Waals surface area contributed by atoms with E-state index in [9.17, 15) is 0 Å². The SMILES string of the molecule is NN=C(N)SCc1ccccc1. The molecule has 0 radical (unpaired) electrons. The summed E-state index contributed by atoms with van der Waals surface area (Å²) in [5, 5.41) is 3.78. The molecule has 0 spiro atoms. The Balaban J connectivity index is 2.44. The zero-order valence-electron chi connectivity index (χ0n) is 6.60. The summed E-state index contributed by atoms with van der Waals surface area (Å²) in [5.41, 5.74) is 6.63. The number of amidine groups is 1. The highest BCUT2D eigenvalue weighted by Crippen LogP contribution is 2.10. The van der Waals surface area contributed by atoms with Crippen LogP contribution in [-0.2, 0) is 5.75 Å². The molecular weight excluding hydrogens is 170 g/mol. The normalized spacial score (nSPS) is 11.5. The van der Waals surface area contributed by atoms with Crippen molar-refractivity contribution in [3.63, 3.8) is 0 Å². The van der Waals surface area contributed by atoms with E-state index in [1.165, 1.54) is 17.3 Å². The van der Waals surface area contributed by atoms with Gasteiger partial charge in [0, 0.05) is 5.75 Å². The van der Waals surface area contributed by atoms with Gasteiger partial charge in [-0.15, -0.1) is 0 Å². The van der Waals surface area contributed by atoms with E-state index >= 15 is 0 Å². The molecule has 0 unspecified atom stereocenters. The lowest BCUT2D eigenvalue weighted by atomic mass is 10.2. The zero-order chi connectivity index (χ0) is 8.81. The Hall–Kier alpha value is -1.16. The molecule has 0 aliphatic rings. The number of hydrogen-bond donors (Lipinski definition) is 2. The van der Waals surface area contributed by atoms with Crippen LogP contribution in [0, 0.1) is 0 Å². The second kappa shape index (κ2) is 4.66. The molecule has 0 aliphatic carbocycles. The monoisotopic (exact) mass is 181 g/mol. The average molecular weight is 181 g/mol. The highest BCUT2D eigenvalue weighted by atomic mass is 32.2. The highest BCUT2D eigenvalue weighted by Gasteiger charge is 1.94. The summed E-state index contributed by atoms with van der Waals surface area (Å²) in [5.74, 6) is 5.79. The van der Waals surface area contributed by atoms with Gasteiger partial charge in [0.1, 0.15) is 0 Å². The van der Waals surface area contributed by atoms with Crippen LogP contribution in [-0.4, -0.2) is 5.17 Å². The fourth-order valence-electron chi connectivity index (χ4n) is 0.769. The van der Waals surface area contributed by atoms with E-state index in [2.05, 4.69) is 5.10 Å². The minimum Gasteiger partial charge on any atom is -0.377 e. The van der Waals surface area contributed by atoms with E-state index in [0.29, 0.717) is 5.17 Å². The maximum atomic E-state index is 5.41. The number of hydrazone groups is 1. The quantitative estimate of drug-likeness (QED) is 0.311. The Morgan fingerprint density at radius 2 is 2.00 bits per heavy atom. The molecule has 3 nitrogen and oxygen atoms in total. The first-order valence-electron chi connectivity index (χ1n) is 3.53. The van der Waals surface area contributed by atoms with E-state index in [4.69, 9.17) is 11.6 Å². The molecule has 0 heterocycles. The van der Waals surface area contributed by atoms with Crippen LogP contribution in [0.4, 0.5) is 0 Å². The van der Waals surface area contributed by atoms with Gasteiger partial charge in [0.05, 0.1) is 0 Å². The van der Waals surface area contributed by atoms with Crippen molar-refractivity contribution in [2.45, 2.75) is 5.75 Å². The summed E-state index contributed by atoms with van der Waals surface area (Å²) in [4.78, 5) is 0. The molecule has 0 aromatic heterocycles. The summed E-state index contributed by atoms with van der Waals surface area (Å²) < 4.78 is 0. The lowest BCUT2D eigenvalue weighted by molar-refractivity contribution is 1.25. The average Bonchev–Trinajstić information content (AvgIpc) is 2.16. The number of hydrogen-bond acceptors (Lipinski definition) is 3. The molecule has 0 aliphatic heterocycles. The third-order valence-electron chi connectivity index (χ3n) is 1.36. The van der Waals surface area contributed by atoms with Gasteiger partial charge >= 0.3 is 0 Å². The summed E-state index contributed by atoms with van der Waals surface area (Å²) in [6.07, 6.45) is 0. The van der Waals surface area contributed by atoms with Gasteiger partial charge in [0.2, 0.25) is 0 Å². The fourth-order valence-corrected chi connectivity index (χ4v) is 1.35. The Kier molecular flexibility index (Phi) is 3.47. The standard InChI is InChI=1S/C8H11N3S/c9-8(11-10)12-6-7-4-2-1-3-5-7/h1-5H,6,10H2,(H2,9,11). The number of rotatable bonds is 2. The van der Waals surface area contributed by atoms with Gasteiger partial charge < -0.3 is 11.6 Å².